The summed E-state index contributed by atoms with van der Waals surface area (Å²) in [6.45, 7) is 1.54. The molecule has 0 saturated heterocycles. The predicted molar refractivity (Wildman–Crippen MR) is 75.2 cm³/mol. The number of nitrogens with zero attached hydrogens (tertiary/aromatic N) is 2. The molecule has 2 N–H and O–H groups in total. The van der Waals surface area contributed by atoms with Gasteiger partial charge in [-0.3, -0.25) is 4.68 Å². The van der Waals surface area contributed by atoms with Crippen molar-refractivity contribution < 1.29 is 4.74 Å². The molecule has 1 aliphatic carbocycles. The van der Waals surface area contributed by atoms with Gasteiger partial charge in [0.1, 0.15) is 11.6 Å². The van der Waals surface area contributed by atoms with Crippen LogP contribution in [0.1, 0.15) is 24.0 Å². The lowest BCUT2D eigenvalue weighted by molar-refractivity contribution is 0.298. The summed E-state index contributed by atoms with van der Waals surface area (Å²) in [5, 5.41) is 4.14. The molecule has 0 atom stereocenters. The smallest absolute Gasteiger partial charge is 0.145 e. The van der Waals surface area contributed by atoms with Gasteiger partial charge in [-0.05, 0) is 48.6 Å². The molecule has 100 valence electrons. The third-order valence-corrected chi connectivity index (χ3v) is 3.53. The Balaban J connectivity index is 1.47. The van der Waals surface area contributed by atoms with Crippen molar-refractivity contribution in [3.05, 3.63) is 41.6 Å². The van der Waals surface area contributed by atoms with E-state index in [2.05, 4.69) is 23.3 Å². The van der Waals surface area contributed by atoms with Crippen LogP contribution in [0.2, 0.25) is 0 Å². The first-order valence-corrected chi connectivity index (χ1v) is 6.85. The first-order valence-electron chi connectivity index (χ1n) is 6.85. The average Bonchev–Trinajstić information content (AvgIpc) is 3.03. The van der Waals surface area contributed by atoms with Crippen molar-refractivity contribution >= 4 is 5.82 Å². The molecule has 0 radical (unpaired) electrons. The number of hydrogen-bond acceptors (Lipinski definition) is 3. The van der Waals surface area contributed by atoms with E-state index in [0.717, 1.165) is 18.7 Å². The number of hydrogen-bond donors (Lipinski definition) is 1. The fourth-order valence-corrected chi connectivity index (χ4v) is 2.56. The standard InChI is InChI=1S/C15H19N3O/c16-15-7-9-18(17-15)8-2-10-19-14-6-5-12-3-1-4-13(12)11-14/h5-7,9,11H,1-4,8,10H2,(H2,16,17). The summed E-state index contributed by atoms with van der Waals surface area (Å²) in [6, 6.07) is 8.28. The third-order valence-electron chi connectivity index (χ3n) is 3.53. The number of ether oxygens (including phenoxy) is 1. The molecule has 0 aliphatic heterocycles. The highest BCUT2D eigenvalue weighted by molar-refractivity contribution is 5.38. The largest absolute Gasteiger partial charge is 0.494 e. The van der Waals surface area contributed by atoms with Crippen molar-refractivity contribution in [2.75, 3.05) is 12.3 Å². The zero-order valence-corrected chi connectivity index (χ0v) is 11.0. The van der Waals surface area contributed by atoms with Crippen molar-refractivity contribution in [3.8, 4) is 5.75 Å². The van der Waals surface area contributed by atoms with Gasteiger partial charge in [-0.25, -0.2) is 0 Å². The normalized spacial score (nSPS) is 13.5. The average molecular weight is 257 g/mol. The SMILES string of the molecule is Nc1ccn(CCCOc2ccc3c(c2)CCC3)n1. The minimum Gasteiger partial charge on any atom is -0.494 e. The van der Waals surface area contributed by atoms with E-state index in [-0.39, 0.29) is 0 Å². The molecule has 19 heavy (non-hydrogen) atoms. The van der Waals surface area contributed by atoms with E-state index in [1.807, 2.05) is 10.9 Å². The minimum atomic E-state index is 0.569. The second-order valence-electron chi connectivity index (χ2n) is 4.99. The van der Waals surface area contributed by atoms with Gasteiger partial charge in [0.05, 0.1) is 6.61 Å². The number of anilines is 1. The topological polar surface area (TPSA) is 53.1 Å². The van der Waals surface area contributed by atoms with Crippen molar-refractivity contribution in [1.82, 2.24) is 9.78 Å². The van der Waals surface area contributed by atoms with Gasteiger partial charge in [0.25, 0.3) is 0 Å². The molecule has 0 fully saturated rings. The monoisotopic (exact) mass is 257 g/mol. The molecule has 0 amide bonds. The Morgan fingerprint density at radius 3 is 2.95 bits per heavy atom. The first-order chi connectivity index (χ1) is 9.31. The summed E-state index contributed by atoms with van der Waals surface area (Å²) < 4.78 is 7.64. The highest BCUT2D eigenvalue weighted by Gasteiger charge is 2.10. The fraction of sp³-hybridized carbons (Fsp3) is 0.400. The molecule has 4 heteroatoms. The van der Waals surface area contributed by atoms with Crippen LogP contribution in [0.5, 0.6) is 5.75 Å². The quantitative estimate of drug-likeness (QED) is 0.837. The maximum Gasteiger partial charge on any atom is 0.145 e. The number of rotatable bonds is 5. The molecule has 0 unspecified atom stereocenters. The molecule has 2 aromatic rings. The zero-order chi connectivity index (χ0) is 13.1. The summed E-state index contributed by atoms with van der Waals surface area (Å²) in [4.78, 5) is 0. The van der Waals surface area contributed by atoms with Crippen LogP contribution in [0.25, 0.3) is 0 Å². The van der Waals surface area contributed by atoms with Gasteiger partial charge in [-0.2, -0.15) is 5.10 Å². The van der Waals surface area contributed by atoms with Crippen LogP contribution in [-0.4, -0.2) is 16.4 Å². The van der Waals surface area contributed by atoms with E-state index in [1.54, 1.807) is 6.07 Å². The van der Waals surface area contributed by atoms with E-state index in [1.165, 1.54) is 30.4 Å². The Kier molecular flexibility index (Phi) is 3.40. The van der Waals surface area contributed by atoms with Crippen LogP contribution in [0, 0.1) is 0 Å². The Hall–Kier alpha value is -1.97. The van der Waals surface area contributed by atoms with Crippen LogP contribution in [0.4, 0.5) is 5.82 Å². The van der Waals surface area contributed by atoms with E-state index < -0.39 is 0 Å². The maximum atomic E-state index is 5.79. The molecule has 1 aromatic heterocycles. The molecular formula is C15H19N3O. The second-order valence-corrected chi connectivity index (χ2v) is 4.99. The molecule has 3 rings (SSSR count). The predicted octanol–water partition coefficient (Wildman–Crippen LogP) is 2.42. The van der Waals surface area contributed by atoms with Crippen LogP contribution >= 0.6 is 0 Å². The highest BCUT2D eigenvalue weighted by atomic mass is 16.5. The Morgan fingerprint density at radius 2 is 2.11 bits per heavy atom. The molecule has 4 nitrogen and oxygen atoms in total. The van der Waals surface area contributed by atoms with E-state index in [9.17, 15) is 0 Å². The summed E-state index contributed by atoms with van der Waals surface area (Å²) in [7, 11) is 0. The minimum absolute atomic E-state index is 0.569. The lowest BCUT2D eigenvalue weighted by Crippen LogP contribution is -2.05. The third kappa shape index (κ3) is 2.89. The van der Waals surface area contributed by atoms with Gasteiger partial charge < -0.3 is 10.5 Å². The van der Waals surface area contributed by atoms with Gasteiger partial charge in [-0.1, -0.05) is 6.07 Å². The van der Waals surface area contributed by atoms with Gasteiger partial charge in [0.2, 0.25) is 0 Å². The Morgan fingerprint density at radius 1 is 1.21 bits per heavy atom. The van der Waals surface area contributed by atoms with E-state index in [0.29, 0.717) is 12.4 Å². The number of fused-ring (bicyclic) bond motifs is 1. The summed E-state index contributed by atoms with van der Waals surface area (Å²) in [5.74, 6) is 1.56. The van der Waals surface area contributed by atoms with Crippen molar-refractivity contribution in [2.24, 2.45) is 0 Å². The molecule has 1 heterocycles. The van der Waals surface area contributed by atoms with Crippen LogP contribution in [0.3, 0.4) is 0 Å². The maximum absolute atomic E-state index is 5.79. The molecule has 0 bridgehead atoms. The van der Waals surface area contributed by atoms with E-state index in [4.69, 9.17) is 10.5 Å². The second kappa shape index (κ2) is 5.34. The van der Waals surface area contributed by atoms with Gasteiger partial charge in [-0.15, -0.1) is 0 Å². The van der Waals surface area contributed by atoms with Crippen LogP contribution in [-0.2, 0) is 19.4 Å². The van der Waals surface area contributed by atoms with Gasteiger partial charge >= 0.3 is 0 Å². The number of nitrogen functional groups attached to an aromatic ring is 1. The van der Waals surface area contributed by atoms with Crippen LogP contribution < -0.4 is 10.5 Å². The number of benzene rings is 1. The van der Waals surface area contributed by atoms with Crippen molar-refractivity contribution in [1.29, 1.82) is 0 Å². The molecular weight excluding hydrogens is 238 g/mol. The highest BCUT2D eigenvalue weighted by Crippen LogP contribution is 2.26. The molecule has 0 spiro atoms. The number of aromatic nitrogens is 2. The van der Waals surface area contributed by atoms with Gasteiger partial charge in [0, 0.05) is 19.2 Å². The number of nitrogens with two attached hydrogens (primary N) is 1. The van der Waals surface area contributed by atoms with Gasteiger partial charge in [0.15, 0.2) is 0 Å². The first kappa shape index (κ1) is 12.1. The molecule has 0 saturated carbocycles. The number of aryl methyl sites for hydroxylation is 3. The summed E-state index contributed by atoms with van der Waals surface area (Å²) in [5.41, 5.74) is 8.50. The molecule has 1 aliphatic rings. The Labute approximate surface area is 113 Å². The van der Waals surface area contributed by atoms with Crippen molar-refractivity contribution in [2.45, 2.75) is 32.2 Å². The molecule has 1 aromatic carbocycles. The van der Waals surface area contributed by atoms with Crippen LogP contribution in [0.15, 0.2) is 30.5 Å². The van der Waals surface area contributed by atoms with E-state index >= 15 is 0 Å². The summed E-state index contributed by atoms with van der Waals surface area (Å²) >= 11 is 0. The summed E-state index contributed by atoms with van der Waals surface area (Å²) in [6.07, 6.45) is 6.51. The Bertz CT molecular complexity index is 562. The fourth-order valence-electron chi connectivity index (χ4n) is 2.56. The lowest BCUT2D eigenvalue weighted by atomic mass is 10.1. The van der Waals surface area contributed by atoms with Crippen molar-refractivity contribution in [3.63, 3.8) is 0 Å². The lowest BCUT2D eigenvalue weighted by Gasteiger charge is -2.08. The zero-order valence-electron chi connectivity index (χ0n) is 11.0.